The maximum Gasteiger partial charge on any atom is 0.273 e. The van der Waals surface area contributed by atoms with Crippen LogP contribution in [0, 0.1) is 0 Å². The fourth-order valence-corrected chi connectivity index (χ4v) is 6.63. The predicted octanol–water partition coefficient (Wildman–Crippen LogP) is 2.35. The number of carbonyl (C=O) groups excluding carboxylic acids is 2. The van der Waals surface area contributed by atoms with E-state index >= 15 is 8.78 Å². The van der Waals surface area contributed by atoms with Gasteiger partial charge in [0.2, 0.25) is 11.8 Å². The number of halogens is 2. The number of aliphatic hydroxyl groups is 1. The topological polar surface area (TPSA) is 111 Å². The van der Waals surface area contributed by atoms with E-state index in [1.54, 1.807) is 28.1 Å². The summed E-state index contributed by atoms with van der Waals surface area (Å²) in [6, 6.07) is 8.48. The average molecular weight is 524 g/mol. The van der Waals surface area contributed by atoms with E-state index in [9.17, 15) is 14.7 Å². The molecule has 198 valence electrons. The number of nitrogens with one attached hydrogen (secondary N) is 2. The van der Waals surface area contributed by atoms with Crippen LogP contribution in [0.25, 0.3) is 10.9 Å². The SMILES string of the molecule is O=C1CC[C@H](N2Cc3c(ccc4c3OCC43CCN(Cc4ccc5[nH]ncc5c4)CC3(F)F)C2O)C(=O)N1. The van der Waals surface area contributed by atoms with E-state index < -0.39 is 29.5 Å². The minimum Gasteiger partial charge on any atom is -0.492 e. The largest absolute Gasteiger partial charge is 0.492 e. The molecule has 3 aromatic rings. The highest BCUT2D eigenvalue weighted by Gasteiger charge is 2.62. The summed E-state index contributed by atoms with van der Waals surface area (Å²) >= 11 is 0. The second-order valence-corrected chi connectivity index (χ2v) is 10.9. The number of carbonyl (C=O) groups is 2. The minimum absolute atomic E-state index is 0.130. The number of ether oxygens (including phenoxy) is 1. The van der Waals surface area contributed by atoms with Gasteiger partial charge in [-0.15, -0.1) is 0 Å². The van der Waals surface area contributed by atoms with Gasteiger partial charge >= 0.3 is 0 Å². The quantitative estimate of drug-likeness (QED) is 0.452. The third kappa shape index (κ3) is 3.41. The fourth-order valence-electron chi connectivity index (χ4n) is 6.63. The van der Waals surface area contributed by atoms with Crippen LogP contribution in [0.15, 0.2) is 36.5 Å². The van der Waals surface area contributed by atoms with Crippen LogP contribution in [0.1, 0.15) is 47.7 Å². The lowest BCUT2D eigenvalue weighted by molar-refractivity contribution is -0.142. The molecule has 2 amide bonds. The first-order valence-corrected chi connectivity index (χ1v) is 12.8. The van der Waals surface area contributed by atoms with Crippen molar-refractivity contribution >= 4 is 22.7 Å². The van der Waals surface area contributed by atoms with Crippen LogP contribution in [0.2, 0.25) is 0 Å². The van der Waals surface area contributed by atoms with Crippen molar-refractivity contribution in [3.05, 3.63) is 58.8 Å². The van der Waals surface area contributed by atoms with Gasteiger partial charge in [-0.05, 0) is 37.1 Å². The minimum atomic E-state index is -3.04. The number of fused-ring (bicyclic) bond motifs is 5. The molecule has 4 aliphatic heterocycles. The fraction of sp³-hybridized carbons (Fsp3) is 0.444. The van der Waals surface area contributed by atoms with E-state index in [1.165, 1.54) is 0 Å². The number of rotatable bonds is 3. The summed E-state index contributed by atoms with van der Waals surface area (Å²) in [6.45, 7) is 0.578. The van der Waals surface area contributed by atoms with E-state index in [0.717, 1.165) is 16.5 Å². The third-order valence-corrected chi connectivity index (χ3v) is 8.71. The Bertz CT molecular complexity index is 1470. The zero-order valence-electron chi connectivity index (χ0n) is 20.5. The van der Waals surface area contributed by atoms with Crippen molar-refractivity contribution in [1.82, 2.24) is 25.3 Å². The molecule has 0 aliphatic carbocycles. The van der Waals surface area contributed by atoms with E-state index in [-0.39, 0.29) is 38.4 Å². The molecule has 1 aromatic heterocycles. The Morgan fingerprint density at radius 1 is 1.21 bits per heavy atom. The van der Waals surface area contributed by atoms with E-state index in [0.29, 0.717) is 42.0 Å². The number of aromatic amines is 1. The van der Waals surface area contributed by atoms with Crippen molar-refractivity contribution in [2.24, 2.45) is 0 Å². The summed E-state index contributed by atoms with van der Waals surface area (Å²) < 4.78 is 38.0. The molecule has 0 saturated carbocycles. The Morgan fingerprint density at radius 3 is 2.89 bits per heavy atom. The number of likely N-dealkylation sites (tertiary alicyclic amines) is 1. The van der Waals surface area contributed by atoms with Gasteiger partial charge in [0.05, 0.1) is 29.7 Å². The monoisotopic (exact) mass is 523 g/mol. The van der Waals surface area contributed by atoms with Gasteiger partial charge in [-0.25, -0.2) is 8.78 Å². The lowest BCUT2D eigenvalue weighted by atomic mass is 9.71. The molecule has 3 atom stereocenters. The standard InChI is InChI=1S/C27H27F2N5O4/c28-27(29)13-33(11-15-1-4-20-16(9-15)10-30-32-20)8-7-26(27)14-38-23-18-12-34(21-5-6-22(35)31-24(21)36)25(37)17(18)2-3-19(23)26/h1-4,9-10,21,25,37H,5-8,11-14H2,(H,30,32)(H,31,35,36)/t21-,25?,26?/m0/s1. The zero-order chi connectivity index (χ0) is 26.2. The van der Waals surface area contributed by atoms with Gasteiger partial charge in [0.15, 0.2) is 0 Å². The molecule has 3 N–H and O–H groups in total. The molecule has 2 saturated heterocycles. The van der Waals surface area contributed by atoms with Gasteiger partial charge in [0.1, 0.15) is 18.6 Å². The number of amides is 2. The normalized spacial score (nSPS) is 28.9. The Labute approximate surface area is 216 Å². The summed E-state index contributed by atoms with van der Waals surface area (Å²) in [5.41, 5.74) is 2.08. The van der Waals surface area contributed by atoms with Crippen molar-refractivity contribution in [3.8, 4) is 5.75 Å². The third-order valence-electron chi connectivity index (χ3n) is 8.71. The molecule has 2 unspecified atom stereocenters. The summed E-state index contributed by atoms with van der Waals surface area (Å²) in [4.78, 5) is 27.4. The number of alkyl halides is 2. The second-order valence-electron chi connectivity index (χ2n) is 10.9. The second kappa shape index (κ2) is 8.29. The molecule has 4 aliphatic rings. The van der Waals surface area contributed by atoms with Crippen LogP contribution in [-0.2, 0) is 28.1 Å². The lowest BCUT2D eigenvalue weighted by Crippen LogP contribution is -2.58. The summed E-state index contributed by atoms with van der Waals surface area (Å²) in [7, 11) is 0. The van der Waals surface area contributed by atoms with Gasteiger partial charge in [0, 0.05) is 41.6 Å². The molecule has 7 rings (SSSR count). The summed E-state index contributed by atoms with van der Waals surface area (Å²) in [6.07, 6.45) is 1.37. The highest BCUT2D eigenvalue weighted by atomic mass is 19.3. The Balaban J connectivity index is 1.14. The maximum absolute atomic E-state index is 16.0. The average Bonchev–Trinajstić information content (AvgIpc) is 3.58. The summed E-state index contributed by atoms with van der Waals surface area (Å²) in [5, 5.41) is 21.2. The van der Waals surface area contributed by atoms with Crippen LogP contribution in [0.5, 0.6) is 5.75 Å². The van der Waals surface area contributed by atoms with Crippen LogP contribution in [0.4, 0.5) is 8.78 Å². The Kier molecular flexibility index (Phi) is 5.17. The molecule has 9 nitrogen and oxygen atoms in total. The predicted molar refractivity (Wildman–Crippen MR) is 131 cm³/mol. The van der Waals surface area contributed by atoms with Gasteiger partial charge in [0.25, 0.3) is 5.92 Å². The van der Waals surface area contributed by atoms with E-state index in [1.807, 2.05) is 18.2 Å². The maximum atomic E-state index is 16.0. The van der Waals surface area contributed by atoms with Crippen LogP contribution >= 0.6 is 0 Å². The van der Waals surface area contributed by atoms with Crippen molar-refractivity contribution < 1.29 is 28.2 Å². The molecule has 1 spiro atoms. The summed E-state index contributed by atoms with van der Waals surface area (Å²) in [5.74, 6) is -3.42. The Morgan fingerprint density at radius 2 is 2.08 bits per heavy atom. The van der Waals surface area contributed by atoms with Crippen molar-refractivity contribution in [2.75, 3.05) is 19.7 Å². The number of imide groups is 1. The van der Waals surface area contributed by atoms with Gasteiger partial charge < -0.3 is 9.84 Å². The number of aliphatic hydroxyl groups excluding tert-OH is 1. The molecule has 11 heteroatoms. The van der Waals surface area contributed by atoms with Crippen molar-refractivity contribution in [2.45, 2.75) is 56.0 Å². The number of hydrogen-bond donors (Lipinski definition) is 3. The van der Waals surface area contributed by atoms with Crippen molar-refractivity contribution in [3.63, 3.8) is 0 Å². The van der Waals surface area contributed by atoms with Gasteiger partial charge in [-0.3, -0.25) is 29.8 Å². The Hall–Kier alpha value is -3.41. The highest BCUT2D eigenvalue weighted by molar-refractivity contribution is 6.00. The van der Waals surface area contributed by atoms with Gasteiger partial charge in [-0.1, -0.05) is 18.2 Å². The number of nitrogens with zero attached hydrogens (tertiary/aromatic N) is 3. The molecular formula is C27H27F2N5O4. The molecule has 0 bridgehead atoms. The zero-order valence-corrected chi connectivity index (χ0v) is 20.5. The molecule has 2 fully saturated rings. The van der Waals surface area contributed by atoms with Crippen LogP contribution in [-0.4, -0.2) is 68.6 Å². The number of hydrogen-bond acceptors (Lipinski definition) is 7. The lowest BCUT2D eigenvalue weighted by Gasteiger charge is -2.44. The smallest absolute Gasteiger partial charge is 0.273 e. The first-order chi connectivity index (χ1) is 18.3. The van der Waals surface area contributed by atoms with E-state index in [2.05, 4.69) is 15.5 Å². The van der Waals surface area contributed by atoms with E-state index in [4.69, 9.17) is 4.74 Å². The first kappa shape index (κ1) is 23.7. The number of piperidine rings is 2. The number of benzene rings is 2. The number of aromatic nitrogens is 2. The number of H-pyrrole nitrogens is 1. The molecule has 0 radical (unpaired) electrons. The molecule has 5 heterocycles. The van der Waals surface area contributed by atoms with Gasteiger partial charge in [-0.2, -0.15) is 5.10 Å². The first-order valence-electron chi connectivity index (χ1n) is 12.8. The van der Waals surface area contributed by atoms with Crippen LogP contribution in [0.3, 0.4) is 0 Å². The molecular weight excluding hydrogens is 496 g/mol. The van der Waals surface area contributed by atoms with Crippen molar-refractivity contribution in [1.29, 1.82) is 0 Å². The highest BCUT2D eigenvalue weighted by Crippen LogP contribution is 2.56. The molecule has 2 aromatic carbocycles. The van der Waals surface area contributed by atoms with Crippen LogP contribution < -0.4 is 10.1 Å². The molecule has 38 heavy (non-hydrogen) atoms.